The smallest absolute Gasteiger partial charge is 0.245 e. The summed E-state index contributed by atoms with van der Waals surface area (Å²) in [5, 5.41) is 0. The maximum Gasteiger partial charge on any atom is 0.245 e. The van der Waals surface area contributed by atoms with Crippen molar-refractivity contribution in [2.45, 2.75) is 37.6 Å². The van der Waals surface area contributed by atoms with Crippen LogP contribution in [0.2, 0.25) is 0 Å². The Hall–Kier alpha value is -2.25. The van der Waals surface area contributed by atoms with Gasteiger partial charge in [-0.05, 0) is 55.2 Å². The van der Waals surface area contributed by atoms with Crippen molar-refractivity contribution in [2.75, 3.05) is 11.4 Å². The Kier molecular flexibility index (Phi) is 5.11. The van der Waals surface area contributed by atoms with E-state index in [2.05, 4.69) is 4.72 Å². The topological polar surface area (TPSA) is 66.5 Å². The predicted molar refractivity (Wildman–Crippen MR) is 98.0 cm³/mol. The molecule has 0 saturated carbocycles. The first-order chi connectivity index (χ1) is 12.3. The molecule has 0 radical (unpaired) electrons. The molecule has 7 heteroatoms. The van der Waals surface area contributed by atoms with Crippen LogP contribution in [-0.2, 0) is 21.2 Å². The molecule has 3 rings (SSSR count). The minimum absolute atomic E-state index is 0.200. The minimum atomic E-state index is -3.80. The van der Waals surface area contributed by atoms with E-state index in [4.69, 9.17) is 0 Å². The molecule has 1 N–H and O–H groups in total. The van der Waals surface area contributed by atoms with Crippen molar-refractivity contribution < 1.29 is 17.6 Å². The molecule has 1 amide bonds. The van der Waals surface area contributed by atoms with E-state index in [9.17, 15) is 17.6 Å². The molecule has 0 spiro atoms. The lowest BCUT2D eigenvalue weighted by Crippen LogP contribution is -2.41. The van der Waals surface area contributed by atoms with Crippen LogP contribution in [0.5, 0.6) is 0 Å². The maximum atomic E-state index is 13.4. The summed E-state index contributed by atoms with van der Waals surface area (Å²) < 4.78 is 41.4. The van der Waals surface area contributed by atoms with Gasteiger partial charge in [-0.1, -0.05) is 25.1 Å². The van der Waals surface area contributed by atoms with Gasteiger partial charge in [0.25, 0.3) is 0 Å². The van der Waals surface area contributed by atoms with Crippen molar-refractivity contribution in [1.29, 1.82) is 0 Å². The molecule has 1 aliphatic heterocycles. The monoisotopic (exact) mass is 376 g/mol. The second-order valence-electron chi connectivity index (χ2n) is 6.35. The molecule has 2 aromatic carbocycles. The van der Waals surface area contributed by atoms with Gasteiger partial charge in [0.1, 0.15) is 11.9 Å². The van der Waals surface area contributed by atoms with E-state index in [-0.39, 0.29) is 16.6 Å². The van der Waals surface area contributed by atoms with Crippen LogP contribution < -0.4 is 9.62 Å². The summed E-state index contributed by atoms with van der Waals surface area (Å²) in [5.74, 6) is -0.664. The van der Waals surface area contributed by atoms with Gasteiger partial charge in [0.15, 0.2) is 0 Å². The molecule has 1 unspecified atom stereocenters. The summed E-state index contributed by atoms with van der Waals surface area (Å²) >= 11 is 0. The molecule has 138 valence electrons. The quantitative estimate of drug-likeness (QED) is 0.873. The van der Waals surface area contributed by atoms with Gasteiger partial charge < -0.3 is 4.90 Å². The first-order valence-electron chi connectivity index (χ1n) is 8.51. The predicted octanol–water partition coefficient (Wildman–Crippen LogP) is 2.78. The van der Waals surface area contributed by atoms with Crippen LogP contribution >= 0.6 is 0 Å². The van der Waals surface area contributed by atoms with Crippen molar-refractivity contribution in [3.05, 3.63) is 59.4 Å². The molecule has 5 nitrogen and oxygen atoms in total. The van der Waals surface area contributed by atoms with Crippen LogP contribution in [-0.4, -0.2) is 26.9 Å². The molecule has 1 aliphatic rings. The summed E-state index contributed by atoms with van der Waals surface area (Å²) in [6, 6.07) is 10.4. The number of rotatable bonds is 5. The third-order valence-corrected chi connectivity index (χ3v) is 6.17. The van der Waals surface area contributed by atoms with E-state index in [0.717, 1.165) is 0 Å². The highest BCUT2D eigenvalue weighted by atomic mass is 32.2. The van der Waals surface area contributed by atoms with Crippen LogP contribution in [0.1, 0.15) is 24.5 Å². The van der Waals surface area contributed by atoms with Crippen LogP contribution in [0, 0.1) is 12.7 Å². The van der Waals surface area contributed by atoms with Gasteiger partial charge in [0.2, 0.25) is 15.9 Å². The molecule has 0 bridgehead atoms. The molecule has 0 aliphatic carbocycles. The number of carbonyl (C=O) groups is 1. The summed E-state index contributed by atoms with van der Waals surface area (Å²) in [5.41, 5.74) is 1.72. The van der Waals surface area contributed by atoms with E-state index in [1.54, 1.807) is 37.3 Å². The second-order valence-corrected chi connectivity index (χ2v) is 8.03. The van der Waals surface area contributed by atoms with Gasteiger partial charge in [-0.3, -0.25) is 4.79 Å². The van der Waals surface area contributed by atoms with E-state index >= 15 is 0 Å². The zero-order valence-corrected chi connectivity index (χ0v) is 15.5. The number of sulfonamides is 1. The van der Waals surface area contributed by atoms with Crippen LogP contribution in [0.15, 0.2) is 47.4 Å². The Bertz CT molecular complexity index is 944. The molecule has 2 aromatic rings. The van der Waals surface area contributed by atoms with Gasteiger partial charge in [0.05, 0.1) is 4.90 Å². The summed E-state index contributed by atoms with van der Waals surface area (Å²) in [7, 11) is -3.80. The van der Waals surface area contributed by atoms with Crippen LogP contribution in [0.3, 0.4) is 0 Å². The fourth-order valence-corrected chi connectivity index (χ4v) is 4.69. The lowest BCUT2D eigenvalue weighted by Gasteiger charge is -2.18. The van der Waals surface area contributed by atoms with E-state index < -0.39 is 16.1 Å². The van der Waals surface area contributed by atoms with E-state index in [1.807, 2.05) is 6.92 Å². The number of hydrogen-bond acceptors (Lipinski definition) is 3. The normalized spacial score (nSPS) is 17.7. The van der Waals surface area contributed by atoms with Gasteiger partial charge in [-0.2, -0.15) is 4.72 Å². The molecule has 0 aromatic heterocycles. The fraction of sp³-hybridized carbons (Fsp3) is 0.316. The molecular weight excluding hydrogens is 355 g/mol. The first-order valence-corrected chi connectivity index (χ1v) is 9.99. The Morgan fingerprint density at radius 3 is 2.65 bits per heavy atom. The number of nitrogens with one attached hydrogen (secondary N) is 1. The van der Waals surface area contributed by atoms with Crippen LogP contribution in [0.4, 0.5) is 10.1 Å². The van der Waals surface area contributed by atoms with Gasteiger partial charge >= 0.3 is 0 Å². The van der Waals surface area contributed by atoms with E-state index in [0.29, 0.717) is 36.2 Å². The number of amides is 1. The zero-order valence-electron chi connectivity index (χ0n) is 14.7. The van der Waals surface area contributed by atoms with Crippen molar-refractivity contribution in [2.24, 2.45) is 0 Å². The SMILES string of the molecule is CCc1ccccc1S(=O)(=O)NC1CCN(c2ccc(F)c(C)c2)C1=O. The fourth-order valence-electron chi connectivity index (χ4n) is 3.15. The second kappa shape index (κ2) is 7.17. The standard InChI is InChI=1S/C19H21FN2O3S/c1-3-14-6-4-5-7-18(14)26(24,25)21-17-10-11-22(19(17)23)15-8-9-16(20)13(2)12-15/h4-9,12,17,21H,3,10-11H2,1-2H3. The van der Waals surface area contributed by atoms with Crippen molar-refractivity contribution in [1.82, 2.24) is 4.72 Å². The highest BCUT2D eigenvalue weighted by Crippen LogP contribution is 2.25. The van der Waals surface area contributed by atoms with Crippen LogP contribution in [0.25, 0.3) is 0 Å². The Labute approximate surface area is 152 Å². The summed E-state index contributed by atoms with van der Waals surface area (Å²) in [6.07, 6.45) is 0.944. The molecule has 1 fully saturated rings. The molecular formula is C19H21FN2O3S. The van der Waals surface area contributed by atoms with E-state index in [1.165, 1.54) is 17.0 Å². The largest absolute Gasteiger partial charge is 0.311 e. The number of benzene rings is 2. The molecule has 26 heavy (non-hydrogen) atoms. The number of halogens is 1. The van der Waals surface area contributed by atoms with Gasteiger partial charge in [0, 0.05) is 12.2 Å². The van der Waals surface area contributed by atoms with Gasteiger partial charge in [-0.25, -0.2) is 12.8 Å². The number of anilines is 1. The summed E-state index contributed by atoms with van der Waals surface area (Å²) in [6.45, 7) is 3.89. The highest BCUT2D eigenvalue weighted by Gasteiger charge is 2.36. The van der Waals surface area contributed by atoms with Gasteiger partial charge in [-0.15, -0.1) is 0 Å². The van der Waals surface area contributed by atoms with Crippen molar-refractivity contribution in [3.63, 3.8) is 0 Å². The summed E-state index contributed by atoms with van der Waals surface area (Å²) in [4.78, 5) is 14.4. The average molecular weight is 376 g/mol. The maximum absolute atomic E-state index is 13.4. The lowest BCUT2D eigenvalue weighted by atomic mass is 10.2. The number of nitrogens with zero attached hydrogens (tertiary/aromatic N) is 1. The highest BCUT2D eigenvalue weighted by molar-refractivity contribution is 7.89. The van der Waals surface area contributed by atoms with Crippen molar-refractivity contribution in [3.8, 4) is 0 Å². The molecule has 1 heterocycles. The number of hydrogen-bond donors (Lipinski definition) is 1. The Balaban J connectivity index is 1.81. The number of aryl methyl sites for hydroxylation is 2. The molecule has 1 atom stereocenters. The molecule has 1 saturated heterocycles. The average Bonchev–Trinajstić information content (AvgIpc) is 2.97. The number of carbonyl (C=O) groups excluding carboxylic acids is 1. The minimum Gasteiger partial charge on any atom is -0.311 e. The third-order valence-electron chi connectivity index (χ3n) is 4.60. The Morgan fingerprint density at radius 2 is 1.96 bits per heavy atom. The van der Waals surface area contributed by atoms with Crippen molar-refractivity contribution >= 4 is 21.6 Å². The third kappa shape index (κ3) is 3.50. The zero-order chi connectivity index (χ0) is 18.9. The first kappa shape index (κ1) is 18.5. The lowest BCUT2D eigenvalue weighted by molar-refractivity contribution is -0.118. The Morgan fingerprint density at radius 1 is 1.23 bits per heavy atom.